The van der Waals surface area contributed by atoms with Crippen LogP contribution in [-0.4, -0.2) is 31.6 Å². The molecule has 0 spiro atoms. The van der Waals surface area contributed by atoms with Gasteiger partial charge < -0.3 is 15.4 Å². The molecule has 0 saturated heterocycles. The van der Waals surface area contributed by atoms with E-state index in [2.05, 4.69) is 26.6 Å². The number of carbonyl (C=O) groups is 2. The number of halogens is 1. The number of hydrogen-bond acceptors (Lipinski definition) is 3. The molecule has 0 saturated carbocycles. The topological polar surface area (TPSA) is 67.4 Å². The fraction of sp³-hybridized carbons (Fsp3) is 0.385. The van der Waals surface area contributed by atoms with Crippen LogP contribution in [0.2, 0.25) is 0 Å². The molecule has 19 heavy (non-hydrogen) atoms. The van der Waals surface area contributed by atoms with E-state index in [1.165, 1.54) is 0 Å². The summed E-state index contributed by atoms with van der Waals surface area (Å²) < 4.78 is 5.96. The van der Waals surface area contributed by atoms with Crippen LogP contribution in [0.4, 0.5) is 5.69 Å². The lowest BCUT2D eigenvalue weighted by Crippen LogP contribution is -2.36. The van der Waals surface area contributed by atoms with E-state index in [0.717, 1.165) is 4.47 Å². The molecule has 0 atom stereocenters. The van der Waals surface area contributed by atoms with E-state index in [1.54, 1.807) is 18.2 Å². The van der Waals surface area contributed by atoms with Crippen molar-refractivity contribution in [3.8, 4) is 0 Å². The van der Waals surface area contributed by atoms with Crippen LogP contribution in [-0.2, 0) is 14.3 Å². The zero-order valence-electron chi connectivity index (χ0n) is 10.7. The zero-order chi connectivity index (χ0) is 14.1. The lowest BCUT2D eigenvalue weighted by atomic mass is 10.3. The SMILES string of the molecule is CCOCCCNC(=O)C(=O)Nc1cccc(Br)c1. The predicted octanol–water partition coefficient (Wildman–Crippen LogP) is 1.93. The van der Waals surface area contributed by atoms with Gasteiger partial charge in [-0.25, -0.2) is 0 Å². The quantitative estimate of drug-likeness (QED) is 0.619. The highest BCUT2D eigenvalue weighted by Gasteiger charge is 2.12. The van der Waals surface area contributed by atoms with Crippen LogP contribution in [0.1, 0.15) is 13.3 Å². The highest BCUT2D eigenvalue weighted by molar-refractivity contribution is 9.10. The summed E-state index contributed by atoms with van der Waals surface area (Å²) in [6.45, 7) is 3.55. The molecule has 1 rings (SSSR count). The van der Waals surface area contributed by atoms with Crippen LogP contribution in [0, 0.1) is 0 Å². The second-order valence-electron chi connectivity index (χ2n) is 3.77. The average molecular weight is 329 g/mol. The Kier molecular flexibility index (Phi) is 7.14. The van der Waals surface area contributed by atoms with Crippen molar-refractivity contribution in [2.45, 2.75) is 13.3 Å². The maximum Gasteiger partial charge on any atom is 0.313 e. The summed E-state index contributed by atoms with van der Waals surface area (Å²) in [4.78, 5) is 23.1. The minimum Gasteiger partial charge on any atom is -0.382 e. The van der Waals surface area contributed by atoms with Crippen molar-refractivity contribution in [3.05, 3.63) is 28.7 Å². The van der Waals surface area contributed by atoms with E-state index in [1.807, 2.05) is 13.0 Å². The Morgan fingerprint density at radius 2 is 2.11 bits per heavy atom. The zero-order valence-corrected chi connectivity index (χ0v) is 12.3. The van der Waals surface area contributed by atoms with Crippen LogP contribution in [0.15, 0.2) is 28.7 Å². The number of hydrogen-bond donors (Lipinski definition) is 2. The van der Waals surface area contributed by atoms with Gasteiger partial charge in [0.05, 0.1) is 0 Å². The van der Waals surface area contributed by atoms with Gasteiger partial charge >= 0.3 is 11.8 Å². The molecule has 0 aliphatic carbocycles. The maximum absolute atomic E-state index is 11.6. The van der Waals surface area contributed by atoms with Gasteiger partial charge in [0.2, 0.25) is 0 Å². The summed E-state index contributed by atoms with van der Waals surface area (Å²) in [6.07, 6.45) is 0.684. The first kappa shape index (κ1) is 15.7. The van der Waals surface area contributed by atoms with Crippen LogP contribution in [0.5, 0.6) is 0 Å². The van der Waals surface area contributed by atoms with E-state index >= 15 is 0 Å². The third-order valence-electron chi connectivity index (χ3n) is 2.24. The van der Waals surface area contributed by atoms with E-state index in [4.69, 9.17) is 4.74 Å². The maximum atomic E-state index is 11.6. The second kappa shape index (κ2) is 8.66. The van der Waals surface area contributed by atoms with E-state index in [9.17, 15) is 9.59 Å². The lowest BCUT2D eigenvalue weighted by Gasteiger charge is -2.06. The predicted molar refractivity (Wildman–Crippen MR) is 76.9 cm³/mol. The molecule has 0 aliphatic rings. The fourth-order valence-electron chi connectivity index (χ4n) is 1.35. The molecule has 0 radical (unpaired) electrons. The first-order valence-corrected chi connectivity index (χ1v) is 6.85. The summed E-state index contributed by atoms with van der Waals surface area (Å²) in [5.41, 5.74) is 0.573. The fourth-order valence-corrected chi connectivity index (χ4v) is 1.75. The summed E-state index contributed by atoms with van der Waals surface area (Å²) >= 11 is 3.29. The number of ether oxygens (including phenoxy) is 1. The normalized spacial score (nSPS) is 10.0. The average Bonchev–Trinajstić information content (AvgIpc) is 2.38. The van der Waals surface area contributed by atoms with Gasteiger partial charge in [-0.15, -0.1) is 0 Å². The Balaban J connectivity index is 2.31. The Morgan fingerprint density at radius 3 is 2.79 bits per heavy atom. The largest absolute Gasteiger partial charge is 0.382 e. The molecule has 5 nitrogen and oxygen atoms in total. The van der Waals surface area contributed by atoms with Gasteiger partial charge in [-0.05, 0) is 31.5 Å². The van der Waals surface area contributed by atoms with Crippen molar-refractivity contribution in [2.75, 3.05) is 25.1 Å². The lowest BCUT2D eigenvalue weighted by molar-refractivity contribution is -0.136. The first-order chi connectivity index (χ1) is 9.13. The Labute approximate surface area is 120 Å². The summed E-state index contributed by atoms with van der Waals surface area (Å²) in [6, 6.07) is 7.05. The molecule has 0 aromatic heterocycles. The van der Waals surface area contributed by atoms with Crippen LogP contribution in [0.3, 0.4) is 0 Å². The van der Waals surface area contributed by atoms with Crippen molar-refractivity contribution in [1.29, 1.82) is 0 Å². The number of rotatable bonds is 6. The van der Waals surface area contributed by atoms with Gasteiger partial charge in [-0.2, -0.15) is 0 Å². The van der Waals surface area contributed by atoms with Gasteiger partial charge in [0.15, 0.2) is 0 Å². The molecule has 0 aliphatic heterocycles. The van der Waals surface area contributed by atoms with Crippen LogP contribution < -0.4 is 10.6 Å². The van der Waals surface area contributed by atoms with Crippen molar-refractivity contribution < 1.29 is 14.3 Å². The number of carbonyl (C=O) groups excluding carboxylic acids is 2. The monoisotopic (exact) mass is 328 g/mol. The van der Waals surface area contributed by atoms with Crippen molar-refractivity contribution in [2.24, 2.45) is 0 Å². The molecule has 2 N–H and O–H groups in total. The smallest absolute Gasteiger partial charge is 0.313 e. The van der Waals surface area contributed by atoms with E-state index in [-0.39, 0.29) is 0 Å². The number of anilines is 1. The molecule has 0 bridgehead atoms. The van der Waals surface area contributed by atoms with Crippen LogP contribution >= 0.6 is 15.9 Å². The van der Waals surface area contributed by atoms with Gasteiger partial charge in [0.25, 0.3) is 0 Å². The standard InChI is InChI=1S/C13H17BrN2O3/c1-2-19-8-4-7-15-12(17)13(18)16-11-6-3-5-10(14)9-11/h3,5-6,9H,2,4,7-8H2,1H3,(H,15,17)(H,16,18). The summed E-state index contributed by atoms with van der Waals surface area (Å²) in [5, 5.41) is 5.06. The van der Waals surface area contributed by atoms with Gasteiger partial charge in [0, 0.05) is 29.9 Å². The Bertz CT molecular complexity index is 438. The van der Waals surface area contributed by atoms with Gasteiger partial charge in [-0.3, -0.25) is 9.59 Å². The molecule has 0 fully saturated rings. The highest BCUT2D eigenvalue weighted by atomic mass is 79.9. The Morgan fingerprint density at radius 1 is 1.32 bits per heavy atom. The summed E-state index contributed by atoms with van der Waals surface area (Å²) in [5.74, 6) is -1.31. The molecule has 1 aromatic carbocycles. The van der Waals surface area contributed by atoms with Gasteiger partial charge in [-0.1, -0.05) is 22.0 Å². The Hall–Kier alpha value is -1.40. The third-order valence-corrected chi connectivity index (χ3v) is 2.74. The highest BCUT2D eigenvalue weighted by Crippen LogP contribution is 2.15. The van der Waals surface area contributed by atoms with Gasteiger partial charge in [0.1, 0.15) is 0 Å². The molecular formula is C13H17BrN2O3. The minimum atomic E-state index is -0.672. The number of amides is 2. The van der Waals surface area contributed by atoms with E-state index in [0.29, 0.717) is 31.9 Å². The van der Waals surface area contributed by atoms with Crippen LogP contribution in [0.25, 0.3) is 0 Å². The van der Waals surface area contributed by atoms with Crippen molar-refractivity contribution in [3.63, 3.8) is 0 Å². The molecular weight excluding hydrogens is 312 g/mol. The van der Waals surface area contributed by atoms with Crippen molar-refractivity contribution >= 4 is 33.4 Å². The minimum absolute atomic E-state index is 0.421. The molecule has 104 valence electrons. The molecule has 0 unspecified atom stereocenters. The summed E-state index contributed by atoms with van der Waals surface area (Å²) in [7, 11) is 0. The molecule has 2 amide bonds. The molecule has 6 heteroatoms. The van der Waals surface area contributed by atoms with Crippen molar-refractivity contribution in [1.82, 2.24) is 5.32 Å². The van der Waals surface area contributed by atoms with E-state index < -0.39 is 11.8 Å². The third kappa shape index (κ3) is 6.35. The first-order valence-electron chi connectivity index (χ1n) is 6.06. The number of benzene rings is 1. The second-order valence-corrected chi connectivity index (χ2v) is 4.69. The molecule has 1 aromatic rings. The molecule has 0 heterocycles. The number of nitrogens with one attached hydrogen (secondary N) is 2.